The summed E-state index contributed by atoms with van der Waals surface area (Å²) < 4.78 is 41.1. The molecule has 0 aliphatic rings. The number of nitrogens with one attached hydrogen (secondary N) is 1. The molecule has 0 saturated heterocycles. The lowest BCUT2D eigenvalue weighted by molar-refractivity contribution is -0.119. The molecule has 0 saturated carbocycles. The zero-order chi connectivity index (χ0) is 20.3. The lowest BCUT2D eigenvalue weighted by atomic mass is 10.2. The van der Waals surface area contributed by atoms with Crippen molar-refractivity contribution in [2.45, 2.75) is 4.90 Å². The predicted octanol–water partition coefficient (Wildman–Crippen LogP) is 1.14. The number of benzene rings is 2. The predicted molar refractivity (Wildman–Crippen MR) is 101 cm³/mol. The molecule has 3 aromatic rings. The summed E-state index contributed by atoms with van der Waals surface area (Å²) in [5.74, 6) is -1.46. The van der Waals surface area contributed by atoms with Crippen LogP contribution in [0.3, 0.4) is 0 Å². The second-order valence-corrected chi connectivity index (χ2v) is 7.56. The van der Waals surface area contributed by atoms with E-state index in [1.54, 1.807) is 18.2 Å². The smallest absolute Gasteiger partial charge is 0.342 e. The van der Waals surface area contributed by atoms with E-state index >= 15 is 0 Å². The summed E-state index contributed by atoms with van der Waals surface area (Å²) in [6.07, 6.45) is 0. The number of esters is 1. The fourth-order valence-corrected chi connectivity index (χ4v) is 3.42. The molecule has 0 aliphatic carbocycles. The van der Waals surface area contributed by atoms with Gasteiger partial charge in [-0.1, -0.05) is 6.07 Å². The highest BCUT2D eigenvalue weighted by atomic mass is 32.2. The van der Waals surface area contributed by atoms with Crippen LogP contribution in [-0.2, 0) is 19.6 Å². The highest BCUT2D eigenvalue weighted by Crippen LogP contribution is 2.23. The van der Waals surface area contributed by atoms with Crippen LogP contribution in [-0.4, -0.2) is 42.8 Å². The zero-order valence-corrected chi connectivity index (χ0v) is 16.0. The Hall–Kier alpha value is -3.09. The molecule has 0 spiro atoms. The highest BCUT2D eigenvalue weighted by molar-refractivity contribution is 7.89. The van der Waals surface area contributed by atoms with E-state index in [-0.39, 0.29) is 16.2 Å². The molecule has 2 aromatic carbocycles. The van der Waals surface area contributed by atoms with Crippen LogP contribution >= 0.6 is 11.7 Å². The van der Waals surface area contributed by atoms with Gasteiger partial charge in [-0.3, -0.25) is 4.79 Å². The first kappa shape index (κ1) is 19.7. The number of carbonyl (C=O) groups is 2. The van der Waals surface area contributed by atoms with Crippen molar-refractivity contribution in [1.29, 1.82) is 0 Å². The Labute approximate surface area is 163 Å². The molecule has 10 nitrogen and oxygen atoms in total. The molecule has 3 N–H and O–H groups in total. The lowest BCUT2D eigenvalue weighted by Gasteiger charge is -2.10. The van der Waals surface area contributed by atoms with E-state index in [0.717, 1.165) is 17.8 Å². The SMILES string of the molecule is COc1ccc(S(N)(=O)=O)cc1C(=O)OCC(=O)Nc1cccc2nsnc12. The van der Waals surface area contributed by atoms with E-state index in [2.05, 4.69) is 14.1 Å². The molecule has 28 heavy (non-hydrogen) atoms. The van der Waals surface area contributed by atoms with E-state index in [1.807, 2.05) is 0 Å². The number of carbonyl (C=O) groups excluding carboxylic acids is 2. The van der Waals surface area contributed by atoms with Crippen LogP contribution in [0.15, 0.2) is 41.3 Å². The van der Waals surface area contributed by atoms with Gasteiger partial charge in [-0.25, -0.2) is 18.4 Å². The van der Waals surface area contributed by atoms with Gasteiger partial charge in [-0.15, -0.1) is 0 Å². The summed E-state index contributed by atoms with van der Waals surface area (Å²) in [5.41, 5.74) is 1.41. The average molecular weight is 422 g/mol. The molecular formula is C16H14N4O6S2. The number of nitrogens with two attached hydrogens (primary N) is 1. The average Bonchev–Trinajstić information content (AvgIpc) is 3.14. The third-order valence-electron chi connectivity index (χ3n) is 3.61. The standard InChI is InChI=1S/C16H14N4O6S2/c1-25-13-6-5-9(28(17,23)24)7-10(13)16(22)26-8-14(21)18-11-3-2-4-12-15(11)20-27-19-12/h2-7H,8H2,1H3,(H,18,21)(H2,17,23,24). The van der Waals surface area contributed by atoms with Crippen LogP contribution in [0.4, 0.5) is 5.69 Å². The molecule has 1 aromatic heterocycles. The van der Waals surface area contributed by atoms with Crippen molar-refractivity contribution >= 4 is 50.3 Å². The second-order valence-electron chi connectivity index (χ2n) is 5.47. The number of primary sulfonamides is 1. The summed E-state index contributed by atoms with van der Waals surface area (Å²) >= 11 is 1.01. The first-order valence-electron chi connectivity index (χ1n) is 7.68. The van der Waals surface area contributed by atoms with Crippen LogP contribution in [0.2, 0.25) is 0 Å². The van der Waals surface area contributed by atoms with Gasteiger partial charge in [0.15, 0.2) is 6.61 Å². The Morgan fingerprint density at radius 2 is 2.00 bits per heavy atom. The number of hydrogen-bond acceptors (Lipinski definition) is 9. The number of nitrogens with zero attached hydrogens (tertiary/aromatic N) is 2. The van der Waals surface area contributed by atoms with Crippen molar-refractivity contribution in [2.75, 3.05) is 19.0 Å². The van der Waals surface area contributed by atoms with Gasteiger partial charge < -0.3 is 14.8 Å². The van der Waals surface area contributed by atoms with Crippen LogP contribution < -0.4 is 15.2 Å². The number of anilines is 1. The fourth-order valence-electron chi connectivity index (χ4n) is 2.33. The number of fused-ring (bicyclic) bond motifs is 1. The Bertz CT molecular complexity index is 1160. The van der Waals surface area contributed by atoms with Gasteiger partial charge in [0.05, 0.1) is 29.4 Å². The molecule has 0 radical (unpaired) electrons. The van der Waals surface area contributed by atoms with Gasteiger partial charge in [-0.05, 0) is 30.3 Å². The van der Waals surface area contributed by atoms with Gasteiger partial charge in [-0.2, -0.15) is 8.75 Å². The van der Waals surface area contributed by atoms with Gasteiger partial charge in [0.1, 0.15) is 22.3 Å². The molecule has 1 amide bonds. The summed E-state index contributed by atoms with van der Waals surface area (Å²) in [5, 5.41) is 7.65. The minimum absolute atomic E-state index is 0.0797. The van der Waals surface area contributed by atoms with Gasteiger partial charge in [0.2, 0.25) is 10.0 Å². The van der Waals surface area contributed by atoms with Crippen molar-refractivity contribution in [2.24, 2.45) is 5.14 Å². The van der Waals surface area contributed by atoms with Crippen molar-refractivity contribution in [3.05, 3.63) is 42.0 Å². The number of amides is 1. The quantitative estimate of drug-likeness (QED) is 0.561. The number of sulfonamides is 1. The van der Waals surface area contributed by atoms with E-state index in [0.29, 0.717) is 16.7 Å². The molecule has 0 bridgehead atoms. The van der Waals surface area contributed by atoms with Crippen LogP contribution in [0.25, 0.3) is 11.0 Å². The molecule has 0 unspecified atom stereocenters. The van der Waals surface area contributed by atoms with E-state index in [4.69, 9.17) is 14.6 Å². The minimum Gasteiger partial charge on any atom is -0.496 e. The number of hydrogen-bond donors (Lipinski definition) is 2. The first-order chi connectivity index (χ1) is 13.3. The number of rotatable bonds is 6. The second kappa shape index (κ2) is 7.88. The third-order valence-corrected chi connectivity index (χ3v) is 5.07. The van der Waals surface area contributed by atoms with E-state index in [1.165, 1.54) is 19.2 Å². The van der Waals surface area contributed by atoms with Gasteiger partial charge in [0.25, 0.3) is 5.91 Å². The highest BCUT2D eigenvalue weighted by Gasteiger charge is 2.19. The first-order valence-corrected chi connectivity index (χ1v) is 9.96. The maximum atomic E-state index is 12.3. The molecule has 146 valence electrons. The molecular weight excluding hydrogens is 408 g/mol. The molecule has 0 aliphatic heterocycles. The summed E-state index contributed by atoms with van der Waals surface area (Å²) in [7, 11) is -2.72. The lowest BCUT2D eigenvalue weighted by Crippen LogP contribution is -2.21. The van der Waals surface area contributed by atoms with Crippen molar-refractivity contribution < 1.29 is 27.5 Å². The summed E-state index contributed by atoms with van der Waals surface area (Å²) in [6.45, 7) is -0.602. The Balaban J connectivity index is 1.71. The Morgan fingerprint density at radius 3 is 2.71 bits per heavy atom. The summed E-state index contributed by atoms with van der Waals surface area (Å²) in [4.78, 5) is 24.1. The Morgan fingerprint density at radius 1 is 1.21 bits per heavy atom. The maximum absolute atomic E-state index is 12.3. The minimum atomic E-state index is -4.03. The van der Waals surface area contributed by atoms with Crippen LogP contribution in [0.5, 0.6) is 5.75 Å². The zero-order valence-electron chi connectivity index (χ0n) is 14.4. The van der Waals surface area contributed by atoms with Crippen molar-refractivity contribution in [3.63, 3.8) is 0 Å². The maximum Gasteiger partial charge on any atom is 0.342 e. The van der Waals surface area contributed by atoms with E-state index in [9.17, 15) is 18.0 Å². The third kappa shape index (κ3) is 4.24. The van der Waals surface area contributed by atoms with Gasteiger partial charge >= 0.3 is 5.97 Å². The largest absolute Gasteiger partial charge is 0.496 e. The number of ether oxygens (including phenoxy) is 2. The number of aromatic nitrogens is 2. The fraction of sp³-hybridized carbons (Fsp3) is 0.125. The van der Waals surface area contributed by atoms with Gasteiger partial charge in [0, 0.05) is 0 Å². The molecule has 12 heteroatoms. The molecule has 0 atom stereocenters. The molecule has 0 fully saturated rings. The topological polar surface area (TPSA) is 151 Å². The molecule has 3 rings (SSSR count). The van der Waals surface area contributed by atoms with Crippen molar-refractivity contribution in [3.8, 4) is 5.75 Å². The van der Waals surface area contributed by atoms with Crippen LogP contribution in [0, 0.1) is 0 Å². The number of methoxy groups -OCH3 is 1. The van der Waals surface area contributed by atoms with Crippen molar-refractivity contribution in [1.82, 2.24) is 8.75 Å². The van der Waals surface area contributed by atoms with Crippen LogP contribution in [0.1, 0.15) is 10.4 Å². The Kier molecular flexibility index (Phi) is 5.53. The monoisotopic (exact) mass is 422 g/mol. The molecule has 1 heterocycles. The summed E-state index contributed by atoms with van der Waals surface area (Å²) in [6, 6.07) is 8.58. The van der Waals surface area contributed by atoms with E-state index < -0.39 is 28.5 Å². The normalized spacial score (nSPS) is 11.2.